The van der Waals surface area contributed by atoms with Crippen molar-refractivity contribution in [3.8, 4) is 0 Å². The zero-order valence-electron chi connectivity index (χ0n) is 35.5. The number of imidazole rings is 1. The summed E-state index contributed by atoms with van der Waals surface area (Å²) in [4.78, 5) is 74.9. The maximum absolute atomic E-state index is 12.0. The van der Waals surface area contributed by atoms with E-state index in [0.717, 1.165) is 48.6 Å². The Morgan fingerprint density at radius 3 is 1.82 bits per heavy atom. The maximum Gasteiger partial charge on any atom is 0.330 e. The number of para-hydroxylation sites is 1. The molecule has 0 saturated carbocycles. The molecule has 1 aromatic carbocycles. The molecule has 2 heterocycles. The molecule has 0 radical (unpaired) electrons. The number of carboxylic acid groups (broad SMARTS) is 4. The Bertz CT molecular complexity index is 1740. The minimum Gasteiger partial charge on any atom is -0.480 e. The second-order valence-corrected chi connectivity index (χ2v) is 14.8. The SMILES string of the molecule is CC(C)C[C@@H](NCCCCCCC(N)C(=O)O)C(=O)O.NCCCC[C@H](N)C(=O)OC(=O)[C@H](N)Cc1c[nH]c2ccccc12.N[C@@H](Cc1c[nH]cn1)C(=O)O.N[C@H](CO)C(=O)O. The molecule has 0 aliphatic carbocycles. The van der Waals surface area contributed by atoms with Crippen molar-refractivity contribution in [2.75, 3.05) is 19.7 Å². The van der Waals surface area contributed by atoms with Gasteiger partial charge >= 0.3 is 35.8 Å². The van der Waals surface area contributed by atoms with Gasteiger partial charge in [0.25, 0.3) is 0 Å². The molecule has 0 aliphatic heterocycles. The Morgan fingerprint density at radius 1 is 0.710 bits per heavy atom. The smallest absolute Gasteiger partial charge is 0.330 e. The van der Waals surface area contributed by atoms with Gasteiger partial charge in [0.15, 0.2) is 0 Å². The number of rotatable bonds is 25. The number of aliphatic hydroxyl groups is 1. The topological polar surface area (TPSA) is 425 Å². The van der Waals surface area contributed by atoms with Crippen LogP contribution in [0.3, 0.4) is 0 Å². The molecule has 0 spiro atoms. The molecule has 2 aromatic heterocycles. The molecule has 62 heavy (non-hydrogen) atoms. The first-order valence-electron chi connectivity index (χ1n) is 20.3. The van der Waals surface area contributed by atoms with Crippen LogP contribution in [0.2, 0.25) is 0 Å². The molecule has 1 unspecified atom stereocenters. The minimum atomic E-state index is -1.18. The van der Waals surface area contributed by atoms with E-state index in [2.05, 4.69) is 20.3 Å². The van der Waals surface area contributed by atoms with Crippen molar-refractivity contribution in [2.24, 2.45) is 40.3 Å². The molecular weight excluding hydrogens is 812 g/mol. The van der Waals surface area contributed by atoms with Crippen LogP contribution in [-0.2, 0) is 46.3 Å². The van der Waals surface area contributed by atoms with E-state index in [1.807, 2.05) is 38.1 Å². The predicted octanol–water partition coefficient (Wildman–Crippen LogP) is -0.244. The lowest BCUT2D eigenvalue weighted by molar-refractivity contribution is -0.161. The Morgan fingerprint density at radius 2 is 1.29 bits per heavy atom. The maximum atomic E-state index is 12.0. The van der Waals surface area contributed by atoms with Crippen molar-refractivity contribution in [3.05, 3.63) is 54.2 Å². The van der Waals surface area contributed by atoms with Crippen LogP contribution in [0, 0.1) is 5.92 Å². The van der Waals surface area contributed by atoms with Gasteiger partial charge in [-0.2, -0.15) is 0 Å². The lowest BCUT2D eigenvalue weighted by Crippen LogP contribution is -2.40. The van der Waals surface area contributed by atoms with E-state index < -0.39 is 78.7 Å². The first-order valence-corrected chi connectivity index (χ1v) is 20.3. The number of esters is 2. The molecule has 22 nitrogen and oxygen atoms in total. The summed E-state index contributed by atoms with van der Waals surface area (Å²) in [5.74, 6) is -5.10. The number of aliphatic carboxylic acids is 4. The molecule has 0 fully saturated rings. The molecule has 0 aliphatic rings. The molecule has 20 N–H and O–H groups in total. The minimum absolute atomic E-state index is 0.263. The van der Waals surface area contributed by atoms with Crippen molar-refractivity contribution >= 4 is 46.7 Å². The Balaban J connectivity index is 0.000000875. The summed E-state index contributed by atoms with van der Waals surface area (Å²) in [5, 5.41) is 46.0. The van der Waals surface area contributed by atoms with Crippen molar-refractivity contribution in [2.45, 2.75) is 121 Å². The van der Waals surface area contributed by atoms with Crippen LogP contribution in [-0.4, -0.2) is 132 Å². The van der Waals surface area contributed by atoms with Gasteiger partial charge < -0.3 is 80.0 Å². The van der Waals surface area contributed by atoms with E-state index in [-0.39, 0.29) is 12.8 Å². The third kappa shape index (κ3) is 25.4. The second-order valence-electron chi connectivity index (χ2n) is 14.8. The number of benzene rings is 1. The van der Waals surface area contributed by atoms with Gasteiger partial charge in [0.2, 0.25) is 0 Å². The standard InChI is InChI=1S/C17H24N4O3.C14H28N2O4.C6H9N3O2.C3H7NO3/c18-8-4-3-6-13(19)16(22)24-17(23)14(20)9-11-10-21-15-7-2-1-5-12(11)15;1-10(2)9-12(14(19)20)16-8-6-4-3-5-7-11(15)13(17)18;7-5(6(10)11)1-4-2-8-3-9-4;4-2(1-5)3(6)7/h1-2,5,7,10,13-14,21H,3-4,6,8-9,18-20H2;10-12,16H,3-9,15H2,1-2H3,(H,17,18)(H,19,20);2-3,5H,1,7H2,(H,8,9)(H,10,11);2,5H,1,4H2,(H,6,7)/t13-,14+;11?,12-;5-;2-/m0101/s1. The van der Waals surface area contributed by atoms with Crippen LogP contribution < -0.4 is 39.7 Å². The van der Waals surface area contributed by atoms with Gasteiger partial charge in [-0.05, 0) is 62.7 Å². The number of fused-ring (bicyclic) bond motifs is 1. The number of H-pyrrole nitrogens is 2. The predicted molar refractivity (Wildman–Crippen MR) is 230 cm³/mol. The average molecular weight is 881 g/mol. The fraction of sp³-hybridized carbons (Fsp3) is 0.575. The number of hydrogen-bond donors (Lipinski definition) is 14. The summed E-state index contributed by atoms with van der Waals surface area (Å²) in [6, 6.07) is 2.72. The lowest BCUT2D eigenvalue weighted by Gasteiger charge is -2.16. The van der Waals surface area contributed by atoms with Crippen molar-refractivity contribution in [3.63, 3.8) is 0 Å². The Kier molecular flexibility index (Phi) is 29.6. The van der Waals surface area contributed by atoms with Crippen LogP contribution in [0.15, 0.2) is 43.0 Å². The first kappa shape index (κ1) is 56.7. The van der Waals surface area contributed by atoms with E-state index in [0.29, 0.717) is 50.4 Å². The monoisotopic (exact) mass is 881 g/mol. The van der Waals surface area contributed by atoms with Crippen molar-refractivity contribution < 1.29 is 59.0 Å². The second kappa shape index (κ2) is 32.4. The number of nitrogens with two attached hydrogens (primary N) is 6. The number of hydrogen-bond acceptors (Lipinski definition) is 16. The first-order chi connectivity index (χ1) is 29.2. The van der Waals surface area contributed by atoms with Gasteiger partial charge in [0.1, 0.15) is 36.3 Å². The van der Waals surface area contributed by atoms with Crippen LogP contribution in [0.4, 0.5) is 0 Å². The van der Waals surface area contributed by atoms with Crippen LogP contribution in [0.25, 0.3) is 10.9 Å². The van der Waals surface area contributed by atoms with Crippen LogP contribution in [0.5, 0.6) is 0 Å². The number of aromatic nitrogens is 3. The summed E-state index contributed by atoms with van der Waals surface area (Å²) >= 11 is 0. The molecule has 0 bridgehead atoms. The fourth-order valence-electron chi connectivity index (χ4n) is 5.28. The van der Waals surface area contributed by atoms with Gasteiger partial charge in [0.05, 0.1) is 18.6 Å². The summed E-state index contributed by atoms with van der Waals surface area (Å²) < 4.78 is 4.80. The zero-order chi connectivity index (χ0) is 47.2. The average Bonchev–Trinajstić information content (AvgIpc) is 3.90. The molecule has 6 atom stereocenters. The molecule has 22 heteroatoms. The normalized spacial score (nSPS) is 13.6. The van der Waals surface area contributed by atoms with Gasteiger partial charge in [-0.25, -0.2) is 14.6 Å². The highest BCUT2D eigenvalue weighted by Gasteiger charge is 2.24. The van der Waals surface area contributed by atoms with Crippen molar-refractivity contribution in [1.82, 2.24) is 20.3 Å². The summed E-state index contributed by atoms with van der Waals surface area (Å²) in [7, 11) is 0. The van der Waals surface area contributed by atoms with Crippen LogP contribution in [0.1, 0.15) is 82.9 Å². The third-order valence-corrected chi connectivity index (χ3v) is 8.86. The summed E-state index contributed by atoms with van der Waals surface area (Å²) in [5.41, 5.74) is 34.9. The highest BCUT2D eigenvalue weighted by atomic mass is 16.6. The number of nitrogens with one attached hydrogen (secondary N) is 3. The summed E-state index contributed by atoms with van der Waals surface area (Å²) in [6.07, 6.45) is 12.1. The molecule has 3 rings (SSSR count). The van der Waals surface area contributed by atoms with Gasteiger partial charge in [-0.15, -0.1) is 0 Å². The number of ether oxygens (including phenoxy) is 1. The molecule has 0 amide bonds. The zero-order valence-corrected chi connectivity index (χ0v) is 35.5. The quantitative estimate of drug-likeness (QED) is 0.0296. The summed E-state index contributed by atoms with van der Waals surface area (Å²) in [6.45, 7) is 4.72. The Labute approximate surface area is 360 Å². The fourth-order valence-corrected chi connectivity index (χ4v) is 5.28. The van der Waals surface area contributed by atoms with E-state index in [4.69, 9.17) is 64.7 Å². The number of aromatic amines is 2. The highest BCUT2D eigenvalue weighted by molar-refractivity contribution is 5.91. The van der Waals surface area contributed by atoms with Crippen molar-refractivity contribution in [1.29, 1.82) is 0 Å². The Hall–Kier alpha value is -5.33. The van der Waals surface area contributed by atoms with Crippen LogP contribution >= 0.6 is 0 Å². The molecule has 350 valence electrons. The molecular formula is C40H68N10O12. The lowest BCUT2D eigenvalue weighted by atomic mass is 10.0. The van der Waals surface area contributed by atoms with E-state index in [9.17, 15) is 28.8 Å². The number of nitrogens with zero attached hydrogens (tertiary/aromatic N) is 1. The van der Waals surface area contributed by atoms with E-state index in [1.54, 1.807) is 12.4 Å². The molecule has 3 aromatic rings. The number of carboxylic acids is 4. The van der Waals surface area contributed by atoms with Gasteiger partial charge in [-0.1, -0.05) is 57.7 Å². The van der Waals surface area contributed by atoms with E-state index in [1.165, 1.54) is 6.33 Å². The third-order valence-electron chi connectivity index (χ3n) is 8.86. The number of aliphatic hydroxyl groups excluding tert-OH is 1. The molecule has 0 saturated heterocycles. The van der Waals surface area contributed by atoms with Gasteiger partial charge in [-0.3, -0.25) is 19.2 Å². The van der Waals surface area contributed by atoms with Gasteiger partial charge in [0, 0.05) is 36.1 Å². The largest absolute Gasteiger partial charge is 0.480 e. The number of carbonyl (C=O) groups excluding carboxylic acids is 2. The number of unbranched alkanes of at least 4 members (excludes halogenated alkanes) is 4. The number of carbonyl (C=O) groups is 6. The highest BCUT2D eigenvalue weighted by Crippen LogP contribution is 2.19. The van der Waals surface area contributed by atoms with E-state index >= 15 is 0 Å².